The molecule has 22 nitrogen and oxygen atoms in total. The number of aromatic nitrogens is 6. The van der Waals surface area contributed by atoms with Gasteiger partial charge < -0.3 is 51.7 Å². The molecule has 1 aliphatic rings. The third-order valence-electron chi connectivity index (χ3n) is 10.2. The summed E-state index contributed by atoms with van der Waals surface area (Å²) in [6.45, 7) is 7.90. The zero-order chi connectivity index (χ0) is 45.9. The van der Waals surface area contributed by atoms with E-state index in [-0.39, 0.29) is 79.6 Å². The Labute approximate surface area is 367 Å². The SMILES string of the molecule is COc1cc(C(N)=O)cc2nc(NC(=O)c3cc(C)nn3CCO)n(C/C=C/C[n+]3c(NC(=O)C(/C=C(/C)N)=NCCO)[nH]c4cc(C(N)=O)cc(OCCCN5CCNCC5)c43)c12. The first kappa shape index (κ1) is 46.4. The number of hydrogen-bond acceptors (Lipinski definition) is 14. The molecule has 12 N–H and O–H groups in total. The number of carbonyl (C=O) groups is 4. The molecule has 0 aliphatic carbocycles. The smallest absolute Gasteiger partial charge is 0.363 e. The number of rotatable bonds is 21. The first-order valence-electron chi connectivity index (χ1n) is 20.7. The Bertz CT molecular complexity index is 2610. The second-order valence-corrected chi connectivity index (χ2v) is 14.9. The average Bonchev–Trinajstić information content (AvgIpc) is 3.93. The number of aryl methyl sites for hydroxylation is 1. The monoisotopic (exact) mass is 883 g/mol. The van der Waals surface area contributed by atoms with Crippen LogP contribution in [-0.2, 0) is 24.4 Å². The molecule has 64 heavy (non-hydrogen) atoms. The normalized spacial score (nSPS) is 13.8. The Kier molecular flexibility index (Phi) is 15.4. The number of ether oxygens (including phenoxy) is 2. The predicted octanol–water partition coefficient (Wildman–Crippen LogP) is -0.0742. The molecule has 2 aromatic carbocycles. The number of anilines is 2. The fourth-order valence-corrected chi connectivity index (χ4v) is 7.29. The standard InChI is InChI=1S/C42H54N14O8/c1-25(43)19-31(47-9-16-57)39(61)50-41-49-30-22-28(38(45)60)24-34(64-18-6-10-53-13-7-46-8-14-53)36(30)55(41)12-5-4-11-54-35-29(21-27(37(44)59)23-33(35)63-3)48-42(54)51-40(62)32-20-26(2)52-56(32)15-17-58/h4-5,19-24,46,57-58H,6-18H2,1-3H3,(H8,43,44,45,47,48,49,50,51,59,60,61,62)/p+1/b5-4+. The number of nitrogens with one attached hydrogen (secondary N) is 4. The Hall–Kier alpha value is -7.14. The Morgan fingerprint density at radius 3 is 2.39 bits per heavy atom. The van der Waals surface area contributed by atoms with E-state index in [9.17, 15) is 29.4 Å². The molecule has 340 valence electrons. The predicted molar refractivity (Wildman–Crippen MR) is 238 cm³/mol. The van der Waals surface area contributed by atoms with Crippen molar-refractivity contribution in [3.05, 3.63) is 76.8 Å². The maximum Gasteiger partial charge on any atom is 0.363 e. The summed E-state index contributed by atoms with van der Waals surface area (Å²) in [4.78, 5) is 66.7. The summed E-state index contributed by atoms with van der Waals surface area (Å²) in [5, 5.41) is 32.4. The zero-order valence-electron chi connectivity index (χ0n) is 36.0. The summed E-state index contributed by atoms with van der Waals surface area (Å²) in [5.41, 5.74) is 20.4. The van der Waals surface area contributed by atoms with E-state index in [4.69, 9.17) is 26.7 Å². The van der Waals surface area contributed by atoms with Crippen LogP contribution >= 0.6 is 0 Å². The van der Waals surface area contributed by atoms with Crippen molar-refractivity contribution in [3.63, 3.8) is 0 Å². The number of nitrogens with zero attached hydrogens (tertiary/aromatic N) is 7. The number of H-pyrrole nitrogens is 1. The molecule has 0 spiro atoms. The number of hydrogen-bond donors (Lipinski definition) is 9. The average molecular weight is 884 g/mol. The Balaban J connectivity index is 1.39. The number of fused-ring (bicyclic) bond motifs is 2. The molecule has 0 radical (unpaired) electrons. The molecular weight excluding hydrogens is 829 g/mol. The third kappa shape index (κ3) is 11.1. The van der Waals surface area contributed by atoms with Crippen LogP contribution in [0.1, 0.15) is 50.2 Å². The molecule has 0 bridgehead atoms. The van der Waals surface area contributed by atoms with E-state index in [1.165, 1.54) is 30.0 Å². The second-order valence-electron chi connectivity index (χ2n) is 14.9. The van der Waals surface area contributed by atoms with Gasteiger partial charge in [0.15, 0.2) is 11.3 Å². The number of nitrogens with two attached hydrogens (primary N) is 3. The van der Waals surface area contributed by atoms with E-state index in [0.717, 1.165) is 32.7 Å². The van der Waals surface area contributed by atoms with Crippen LogP contribution in [0.15, 0.2) is 59.2 Å². The number of carbonyl (C=O) groups excluding carboxylic acids is 4. The summed E-state index contributed by atoms with van der Waals surface area (Å²) in [6, 6.07) is 7.71. The number of aliphatic hydroxyl groups is 2. The Morgan fingerprint density at radius 2 is 1.70 bits per heavy atom. The number of imidazole rings is 2. The van der Waals surface area contributed by atoms with Crippen LogP contribution in [-0.4, -0.2) is 135 Å². The molecule has 0 saturated carbocycles. The fourth-order valence-electron chi connectivity index (χ4n) is 7.29. The topological polar surface area (TPSA) is 312 Å². The van der Waals surface area contributed by atoms with Gasteiger partial charge in [-0.15, -0.1) is 0 Å². The van der Waals surface area contributed by atoms with Crippen LogP contribution in [0.4, 0.5) is 11.9 Å². The van der Waals surface area contributed by atoms with Crippen LogP contribution in [0.5, 0.6) is 11.5 Å². The van der Waals surface area contributed by atoms with Gasteiger partial charge in [-0.3, -0.25) is 29.4 Å². The molecule has 6 rings (SSSR count). The highest BCUT2D eigenvalue weighted by atomic mass is 16.5. The zero-order valence-corrected chi connectivity index (χ0v) is 36.0. The summed E-state index contributed by atoms with van der Waals surface area (Å²) < 4.78 is 16.9. The Morgan fingerprint density at radius 1 is 0.969 bits per heavy atom. The van der Waals surface area contributed by atoms with E-state index >= 15 is 0 Å². The number of aliphatic imine (C=N–C) groups is 1. The van der Waals surface area contributed by atoms with Gasteiger partial charge in [0.2, 0.25) is 17.8 Å². The minimum atomic E-state index is -0.700. The van der Waals surface area contributed by atoms with Crippen molar-refractivity contribution in [2.45, 2.75) is 39.9 Å². The van der Waals surface area contributed by atoms with Crippen molar-refractivity contribution in [2.24, 2.45) is 22.2 Å². The lowest BCUT2D eigenvalue weighted by Crippen LogP contribution is -2.44. The molecule has 1 saturated heterocycles. The molecule has 5 aromatic rings. The van der Waals surface area contributed by atoms with Gasteiger partial charge >= 0.3 is 11.9 Å². The van der Waals surface area contributed by atoms with Gasteiger partial charge in [-0.05, 0) is 56.7 Å². The molecule has 0 atom stereocenters. The van der Waals surface area contributed by atoms with Crippen LogP contribution in [0.2, 0.25) is 0 Å². The number of benzene rings is 2. The van der Waals surface area contributed by atoms with E-state index in [1.54, 1.807) is 47.3 Å². The maximum absolute atomic E-state index is 13.7. The maximum atomic E-state index is 13.7. The van der Waals surface area contributed by atoms with Crippen LogP contribution in [0, 0.1) is 6.92 Å². The summed E-state index contributed by atoms with van der Waals surface area (Å²) >= 11 is 0. The highest BCUT2D eigenvalue weighted by molar-refractivity contribution is 6.47. The van der Waals surface area contributed by atoms with Crippen LogP contribution < -0.4 is 47.2 Å². The molecule has 3 aromatic heterocycles. The van der Waals surface area contributed by atoms with Gasteiger partial charge in [0, 0.05) is 56.1 Å². The van der Waals surface area contributed by atoms with Crippen LogP contribution in [0.3, 0.4) is 0 Å². The lowest BCUT2D eigenvalue weighted by Gasteiger charge is -2.26. The molecule has 4 amide bonds. The number of piperazine rings is 1. The van der Waals surface area contributed by atoms with Crippen molar-refractivity contribution in [1.82, 2.24) is 34.5 Å². The summed E-state index contributed by atoms with van der Waals surface area (Å²) in [7, 11) is 1.43. The molecule has 22 heteroatoms. The quantitative estimate of drug-likeness (QED) is 0.0202. The highest BCUT2D eigenvalue weighted by Crippen LogP contribution is 2.31. The molecule has 0 unspecified atom stereocenters. The van der Waals surface area contributed by atoms with Crippen molar-refractivity contribution >= 4 is 63.3 Å². The molecular formula is C42H55N14O8+. The van der Waals surface area contributed by atoms with Crippen molar-refractivity contribution in [2.75, 3.05) is 76.8 Å². The third-order valence-corrected chi connectivity index (χ3v) is 10.2. The number of amides is 4. The first-order chi connectivity index (χ1) is 30.8. The molecule has 1 fully saturated rings. The van der Waals surface area contributed by atoms with Gasteiger partial charge in [0.1, 0.15) is 28.2 Å². The van der Waals surface area contributed by atoms with Crippen molar-refractivity contribution in [1.29, 1.82) is 0 Å². The van der Waals surface area contributed by atoms with Crippen molar-refractivity contribution in [3.8, 4) is 11.5 Å². The second kappa shape index (κ2) is 21.3. The van der Waals surface area contributed by atoms with Crippen LogP contribution in [0.25, 0.3) is 22.1 Å². The van der Waals surface area contributed by atoms with Crippen molar-refractivity contribution < 1.29 is 43.4 Å². The largest absolute Gasteiger partial charge is 0.494 e. The number of primary amides is 2. The van der Waals surface area contributed by atoms with Gasteiger partial charge in [-0.1, -0.05) is 12.2 Å². The van der Waals surface area contributed by atoms with E-state index in [2.05, 4.69) is 40.9 Å². The number of allylic oxidation sites excluding steroid dienone is 3. The summed E-state index contributed by atoms with van der Waals surface area (Å²) in [5.74, 6) is -1.62. The molecule has 1 aliphatic heterocycles. The first-order valence-corrected chi connectivity index (χ1v) is 20.7. The molecule has 4 heterocycles. The van der Waals surface area contributed by atoms with Gasteiger partial charge in [-0.2, -0.15) is 5.10 Å². The van der Waals surface area contributed by atoms with Gasteiger partial charge in [-0.25, -0.2) is 24.6 Å². The fraction of sp³-hybridized carbons (Fsp3) is 0.381. The van der Waals surface area contributed by atoms with Gasteiger partial charge in [0.05, 0.1) is 57.8 Å². The van der Waals surface area contributed by atoms with E-state index in [0.29, 0.717) is 52.2 Å². The number of aromatic amines is 1. The number of methoxy groups -OCH3 is 1. The highest BCUT2D eigenvalue weighted by Gasteiger charge is 2.27. The minimum absolute atomic E-state index is 0.0263. The number of aliphatic hydroxyl groups excluding tert-OH is 2. The van der Waals surface area contributed by atoms with E-state index in [1.807, 2.05) is 6.08 Å². The lowest BCUT2D eigenvalue weighted by molar-refractivity contribution is -0.646. The minimum Gasteiger partial charge on any atom is -0.494 e. The summed E-state index contributed by atoms with van der Waals surface area (Å²) in [6.07, 6.45) is 5.71. The lowest BCUT2D eigenvalue weighted by atomic mass is 10.1. The van der Waals surface area contributed by atoms with Gasteiger partial charge in [0.25, 0.3) is 5.91 Å². The van der Waals surface area contributed by atoms with E-state index < -0.39 is 23.6 Å².